The van der Waals surface area contributed by atoms with Gasteiger partial charge >= 0.3 is 0 Å². The third kappa shape index (κ3) is 3.80. The molecule has 0 heterocycles. The molecule has 1 N–H and O–H groups in total. The summed E-state index contributed by atoms with van der Waals surface area (Å²) in [5.41, 5.74) is 0.846. The van der Waals surface area contributed by atoms with Crippen LogP contribution < -0.4 is 9.47 Å². The predicted octanol–water partition coefficient (Wildman–Crippen LogP) is 4.46. The van der Waals surface area contributed by atoms with Gasteiger partial charge in [-0.3, -0.25) is 0 Å². The van der Waals surface area contributed by atoms with Crippen LogP contribution >= 0.6 is 11.6 Å². The van der Waals surface area contributed by atoms with E-state index in [0.29, 0.717) is 34.4 Å². The summed E-state index contributed by atoms with van der Waals surface area (Å²) < 4.78 is 10.5. The lowest BCUT2D eigenvalue weighted by Crippen LogP contribution is -2.20. The zero-order valence-electron chi connectivity index (χ0n) is 13.2. The maximum absolute atomic E-state index is 10.5. The zero-order chi connectivity index (χ0) is 15.5. The molecule has 0 radical (unpaired) electrons. The Kier molecular flexibility index (Phi) is 5.72. The molecule has 0 fully saturated rings. The molecule has 0 aromatic heterocycles. The molecule has 3 nitrogen and oxygen atoms in total. The highest BCUT2D eigenvalue weighted by molar-refractivity contribution is 6.33. The van der Waals surface area contributed by atoms with Crippen LogP contribution in [0.25, 0.3) is 0 Å². The van der Waals surface area contributed by atoms with Crippen LogP contribution in [-0.4, -0.2) is 19.3 Å². The third-order valence-corrected chi connectivity index (χ3v) is 4.29. The van der Waals surface area contributed by atoms with Gasteiger partial charge in [0, 0.05) is 5.56 Å². The van der Waals surface area contributed by atoms with Crippen molar-refractivity contribution in [2.45, 2.75) is 40.2 Å². The van der Waals surface area contributed by atoms with E-state index in [4.69, 9.17) is 21.1 Å². The zero-order valence-corrected chi connectivity index (χ0v) is 13.9. The van der Waals surface area contributed by atoms with Crippen molar-refractivity contribution in [2.24, 2.45) is 11.3 Å². The quantitative estimate of drug-likeness (QED) is 0.872. The summed E-state index contributed by atoms with van der Waals surface area (Å²) in [7, 11) is 3.10. The summed E-state index contributed by atoms with van der Waals surface area (Å²) in [6.07, 6.45) is 0.0466. The molecule has 0 aliphatic carbocycles. The number of hydrogen-bond acceptors (Lipinski definition) is 3. The Morgan fingerprint density at radius 2 is 1.80 bits per heavy atom. The van der Waals surface area contributed by atoms with Gasteiger partial charge in [0.15, 0.2) is 0 Å². The number of benzene rings is 1. The molecule has 4 heteroatoms. The van der Waals surface area contributed by atoms with Gasteiger partial charge in [-0.05, 0) is 29.9 Å². The smallest absolute Gasteiger partial charge is 0.147 e. The molecule has 1 aromatic carbocycles. The van der Waals surface area contributed by atoms with E-state index in [1.807, 2.05) is 6.07 Å². The van der Waals surface area contributed by atoms with Gasteiger partial charge < -0.3 is 14.6 Å². The molecule has 2 atom stereocenters. The van der Waals surface area contributed by atoms with Crippen LogP contribution in [0.5, 0.6) is 11.5 Å². The minimum Gasteiger partial charge on any atom is -0.495 e. The first-order chi connectivity index (χ1) is 9.22. The van der Waals surface area contributed by atoms with Gasteiger partial charge in [0.2, 0.25) is 0 Å². The molecule has 0 saturated heterocycles. The summed E-state index contributed by atoms with van der Waals surface area (Å²) in [4.78, 5) is 0. The van der Waals surface area contributed by atoms with Crippen molar-refractivity contribution in [2.75, 3.05) is 14.2 Å². The first-order valence-electron chi connectivity index (χ1n) is 6.80. The van der Waals surface area contributed by atoms with Gasteiger partial charge in [-0.15, -0.1) is 0 Å². The Labute approximate surface area is 126 Å². The molecule has 114 valence electrons. The maximum atomic E-state index is 10.5. The van der Waals surface area contributed by atoms with Crippen LogP contribution in [-0.2, 0) is 0 Å². The van der Waals surface area contributed by atoms with Crippen molar-refractivity contribution in [3.05, 3.63) is 22.7 Å². The van der Waals surface area contributed by atoms with Crippen molar-refractivity contribution in [1.29, 1.82) is 0 Å². The van der Waals surface area contributed by atoms with Crippen molar-refractivity contribution < 1.29 is 14.6 Å². The van der Waals surface area contributed by atoms with E-state index in [1.54, 1.807) is 20.3 Å². The van der Waals surface area contributed by atoms with Gasteiger partial charge in [0.1, 0.15) is 16.5 Å². The number of halogens is 1. The predicted molar refractivity (Wildman–Crippen MR) is 82.8 cm³/mol. The molecular formula is C16H25ClO3. The van der Waals surface area contributed by atoms with Crippen LogP contribution in [0, 0.1) is 11.3 Å². The average molecular weight is 301 g/mol. The van der Waals surface area contributed by atoms with E-state index in [9.17, 15) is 5.11 Å². The van der Waals surface area contributed by atoms with E-state index >= 15 is 0 Å². The summed E-state index contributed by atoms with van der Waals surface area (Å²) in [6.45, 7) is 8.65. The number of methoxy groups -OCH3 is 2. The molecule has 0 spiro atoms. The summed E-state index contributed by atoms with van der Waals surface area (Å²) >= 11 is 6.22. The van der Waals surface area contributed by atoms with Crippen LogP contribution in [0.2, 0.25) is 5.02 Å². The fraction of sp³-hybridized carbons (Fsp3) is 0.625. The van der Waals surface area contributed by atoms with E-state index in [2.05, 4.69) is 27.7 Å². The highest BCUT2D eigenvalue weighted by Crippen LogP contribution is 2.42. The monoisotopic (exact) mass is 300 g/mol. The highest BCUT2D eigenvalue weighted by Gasteiger charge is 2.26. The van der Waals surface area contributed by atoms with Gasteiger partial charge in [-0.1, -0.05) is 39.3 Å². The number of aliphatic hydroxyl groups excluding tert-OH is 1. The Morgan fingerprint density at radius 1 is 1.20 bits per heavy atom. The Balaban J connectivity index is 3.04. The normalized spacial score (nSPS) is 14.8. The molecule has 0 aliphatic heterocycles. The van der Waals surface area contributed by atoms with Crippen LogP contribution in [0.4, 0.5) is 0 Å². The van der Waals surface area contributed by atoms with Crippen LogP contribution in [0.1, 0.15) is 45.8 Å². The molecule has 20 heavy (non-hydrogen) atoms. The fourth-order valence-corrected chi connectivity index (χ4v) is 2.32. The van der Waals surface area contributed by atoms with Gasteiger partial charge in [-0.25, -0.2) is 0 Å². The molecular weight excluding hydrogens is 276 g/mol. The number of hydrogen-bond donors (Lipinski definition) is 1. The largest absolute Gasteiger partial charge is 0.495 e. The Morgan fingerprint density at radius 3 is 2.25 bits per heavy atom. The molecule has 0 saturated carbocycles. The van der Waals surface area contributed by atoms with Gasteiger partial charge in [-0.2, -0.15) is 0 Å². The first-order valence-corrected chi connectivity index (χ1v) is 7.18. The number of ether oxygens (including phenoxy) is 2. The Bertz CT molecular complexity index is 452. The van der Waals surface area contributed by atoms with Crippen molar-refractivity contribution in [3.8, 4) is 11.5 Å². The van der Waals surface area contributed by atoms with E-state index in [0.717, 1.165) is 0 Å². The third-order valence-electron chi connectivity index (χ3n) is 3.93. The molecule has 0 aliphatic rings. The lowest BCUT2D eigenvalue weighted by atomic mass is 9.78. The summed E-state index contributed by atoms with van der Waals surface area (Å²) in [5, 5.41) is 10.9. The summed E-state index contributed by atoms with van der Waals surface area (Å²) in [5.74, 6) is 1.39. The second-order valence-corrected chi connectivity index (χ2v) is 6.60. The minimum atomic E-state index is -0.609. The molecule has 0 bridgehead atoms. The minimum absolute atomic E-state index is 0.143. The van der Waals surface area contributed by atoms with Gasteiger partial charge in [0.25, 0.3) is 0 Å². The van der Waals surface area contributed by atoms with Crippen molar-refractivity contribution >= 4 is 11.6 Å². The average Bonchev–Trinajstić information content (AvgIpc) is 2.36. The molecule has 0 amide bonds. The lowest BCUT2D eigenvalue weighted by Gasteiger charge is -2.29. The van der Waals surface area contributed by atoms with E-state index in [1.165, 1.54) is 0 Å². The van der Waals surface area contributed by atoms with Crippen molar-refractivity contribution in [3.63, 3.8) is 0 Å². The Hall–Kier alpha value is -0.930. The molecule has 1 aromatic rings. The number of rotatable bonds is 5. The second kappa shape index (κ2) is 6.68. The highest BCUT2D eigenvalue weighted by atomic mass is 35.5. The molecule has 2 unspecified atom stereocenters. The molecule has 1 rings (SSSR count). The standard InChI is InChI=1S/C16H25ClO3/c1-10(16(2,3)4)9-12(18)11-7-8-13(19-5)14(17)15(11)20-6/h7-8,10,12,18H,9H2,1-6H3. The topological polar surface area (TPSA) is 38.7 Å². The van der Waals surface area contributed by atoms with E-state index < -0.39 is 6.10 Å². The van der Waals surface area contributed by atoms with Crippen LogP contribution in [0.15, 0.2) is 12.1 Å². The second-order valence-electron chi connectivity index (χ2n) is 6.22. The van der Waals surface area contributed by atoms with Crippen molar-refractivity contribution in [1.82, 2.24) is 0 Å². The fourth-order valence-electron chi connectivity index (χ4n) is 2.00. The van der Waals surface area contributed by atoms with E-state index in [-0.39, 0.29) is 5.41 Å². The number of aliphatic hydroxyl groups is 1. The first kappa shape index (κ1) is 17.1. The van der Waals surface area contributed by atoms with Crippen LogP contribution in [0.3, 0.4) is 0 Å². The summed E-state index contributed by atoms with van der Waals surface area (Å²) in [6, 6.07) is 3.56. The lowest BCUT2D eigenvalue weighted by molar-refractivity contribution is 0.108. The SMILES string of the molecule is COc1ccc(C(O)CC(C)C(C)(C)C)c(OC)c1Cl. The maximum Gasteiger partial charge on any atom is 0.147 e. The van der Waals surface area contributed by atoms with Gasteiger partial charge in [0.05, 0.1) is 20.3 Å².